The minimum Gasteiger partial charge on any atom is -0.394 e. The Hall–Kier alpha value is -10.8. The van der Waals surface area contributed by atoms with Crippen LogP contribution >= 0.6 is 0 Å². The van der Waals surface area contributed by atoms with Gasteiger partial charge in [0.1, 0.15) is 33.5 Å². The fourth-order valence-corrected chi connectivity index (χ4v) is 14.7. The maximum absolute atomic E-state index is 13.2. The summed E-state index contributed by atoms with van der Waals surface area (Å²) in [5.74, 6) is 3.30. The third-order valence-electron chi connectivity index (χ3n) is 20.2. The van der Waals surface area contributed by atoms with Gasteiger partial charge < -0.3 is 54.6 Å². The molecular weight excluding hydrogens is 1570 g/mol. The van der Waals surface area contributed by atoms with E-state index < -0.39 is 94.7 Å². The molecule has 7 aliphatic heterocycles. The zero-order chi connectivity index (χ0) is 84.4. The molecule has 1 aromatic heterocycles. The third-order valence-corrected chi connectivity index (χ3v) is 23.2. The minimum absolute atomic E-state index is 0.0379. The van der Waals surface area contributed by atoms with Crippen molar-refractivity contribution in [3.05, 3.63) is 171 Å². The lowest BCUT2D eigenvalue weighted by Crippen LogP contribution is -2.48. The molecule has 620 valence electrons. The van der Waals surface area contributed by atoms with E-state index in [-0.39, 0.29) is 110 Å². The number of rotatable bonds is 27. The predicted molar refractivity (Wildman–Crippen MR) is 427 cm³/mol. The van der Waals surface area contributed by atoms with Gasteiger partial charge in [-0.2, -0.15) is 36.9 Å². The van der Waals surface area contributed by atoms with Crippen molar-refractivity contribution in [1.29, 1.82) is 0 Å². The van der Waals surface area contributed by atoms with Crippen LogP contribution in [-0.2, 0) is 39.4 Å². The van der Waals surface area contributed by atoms with Crippen molar-refractivity contribution in [3.8, 4) is 34.6 Å². The van der Waals surface area contributed by atoms with Crippen LogP contribution in [-0.4, -0.2) is 206 Å². The van der Waals surface area contributed by atoms with Crippen LogP contribution in [0.15, 0.2) is 87.1 Å². The number of fused-ring (bicyclic) bond motifs is 8. The molecule has 4 aromatic carbocycles. The number of aryl methyl sites for hydroxylation is 7. The van der Waals surface area contributed by atoms with E-state index in [2.05, 4.69) is 82.9 Å². The van der Waals surface area contributed by atoms with Gasteiger partial charge in [0, 0.05) is 71.0 Å². The summed E-state index contributed by atoms with van der Waals surface area (Å²) in [4.78, 5) is 134. The Morgan fingerprint density at radius 2 is 1.02 bits per heavy atom. The van der Waals surface area contributed by atoms with Crippen LogP contribution < -0.4 is 75.1 Å². The molecule has 1 saturated carbocycles. The number of H-pyrrole nitrogens is 4. The van der Waals surface area contributed by atoms with Crippen molar-refractivity contribution in [1.82, 2.24) is 88.2 Å². The Kier molecular flexibility index (Phi) is 25.9. The first-order valence-corrected chi connectivity index (χ1v) is 40.1. The summed E-state index contributed by atoms with van der Waals surface area (Å²) in [5, 5.41) is 42.5. The van der Waals surface area contributed by atoms with Gasteiger partial charge in [0.25, 0.3) is 32.3 Å². The van der Waals surface area contributed by atoms with Crippen molar-refractivity contribution < 1.29 is 55.0 Å². The summed E-state index contributed by atoms with van der Waals surface area (Å²) in [5.41, 5.74) is 2.36. The number of aliphatic hydroxyl groups excluding tert-OH is 4. The van der Waals surface area contributed by atoms with Crippen LogP contribution in [0.25, 0.3) is 74.2 Å². The average molecular weight is 1650 g/mol. The SMILES string of the molecule is C=S(=O)(NCCCN(CCn1c2nc(=O)[nH]c(=O)c-2nc2cc(C)c(C)cc21)CCn1c2nc(=O)[nH]c(=O)c-2nc2cc(C)c(C)cc21)C(F)(F)F.C=c1nc2c(c(=O)[nH]1)=Nc1cc(C)c(NC3CCCC3)cc1N2C[C@H](O)[C@H](O)[C@H](O)CO.Cc1cc2nc3c(=O)[nH]c(=O)nc-3n(CCNCCCNS(=O)(=O)C(C)(F)F)c2cc1C. The summed E-state index contributed by atoms with van der Waals surface area (Å²) < 4.78 is 109. The van der Waals surface area contributed by atoms with E-state index in [0.717, 1.165) is 57.5 Å². The molecule has 0 amide bonds. The molecule has 1 aliphatic carbocycles. The summed E-state index contributed by atoms with van der Waals surface area (Å²) in [6.45, 7) is 18.3. The van der Waals surface area contributed by atoms with Crippen LogP contribution in [0, 0.1) is 48.5 Å². The Morgan fingerprint density at radius 1 is 0.560 bits per heavy atom. The second kappa shape index (κ2) is 34.9. The van der Waals surface area contributed by atoms with Gasteiger partial charge in [-0.3, -0.25) is 39.0 Å². The van der Waals surface area contributed by atoms with Crippen LogP contribution in [0.4, 0.5) is 44.8 Å². The number of benzene rings is 4. The van der Waals surface area contributed by atoms with Crippen molar-refractivity contribution in [2.75, 3.05) is 69.2 Å². The molecular formula is C74H88F5N21O14S2. The average Bonchev–Trinajstić information content (AvgIpc) is 1.24. The van der Waals surface area contributed by atoms with Crippen LogP contribution in [0.5, 0.6) is 0 Å². The highest BCUT2D eigenvalue weighted by molar-refractivity contribution is 7.99. The molecule has 13 rings (SSSR count). The second-order valence-electron chi connectivity index (χ2n) is 28.7. The highest BCUT2D eigenvalue weighted by Gasteiger charge is 2.40. The molecule has 1 fully saturated rings. The summed E-state index contributed by atoms with van der Waals surface area (Å²) >= 11 is 0. The van der Waals surface area contributed by atoms with E-state index in [1.165, 1.54) is 12.8 Å². The molecule has 8 heterocycles. The molecule has 12 N–H and O–H groups in total. The van der Waals surface area contributed by atoms with Crippen molar-refractivity contribution in [3.63, 3.8) is 0 Å². The number of aliphatic hydroxyl groups is 4. The number of sulfonamides is 1. The molecule has 0 bridgehead atoms. The minimum atomic E-state index is -5.03. The topological polar surface area (TPSA) is 487 Å². The van der Waals surface area contributed by atoms with E-state index in [1.54, 1.807) is 18.6 Å². The quantitative estimate of drug-likeness (QED) is 0.0151. The second-order valence-corrected chi connectivity index (χ2v) is 32.8. The van der Waals surface area contributed by atoms with Crippen molar-refractivity contribution in [2.24, 2.45) is 4.99 Å². The number of hydrogen-bond donors (Lipinski definition) is 12. The number of nitrogens with one attached hydrogen (secondary N) is 8. The first-order valence-electron chi connectivity index (χ1n) is 36.9. The van der Waals surface area contributed by atoms with Crippen molar-refractivity contribution >= 4 is 88.2 Å². The molecule has 0 saturated heterocycles. The predicted octanol–water partition coefficient (Wildman–Crippen LogP) is 1.88. The molecule has 42 heteroatoms. The number of aromatic amines is 4. The third kappa shape index (κ3) is 19.1. The number of halogens is 5. The van der Waals surface area contributed by atoms with Gasteiger partial charge in [-0.15, -0.1) is 0 Å². The van der Waals surface area contributed by atoms with E-state index >= 15 is 0 Å². The van der Waals surface area contributed by atoms with Crippen LogP contribution in [0.3, 0.4) is 0 Å². The first kappa shape index (κ1) is 86.0. The van der Waals surface area contributed by atoms with Crippen LogP contribution in [0.1, 0.15) is 84.4 Å². The molecule has 4 atom stereocenters. The molecule has 8 aliphatic rings. The number of alkyl halides is 5. The molecule has 0 radical (unpaired) electrons. The Morgan fingerprint density at radius 3 is 1.47 bits per heavy atom. The normalized spacial score (nSPS) is 14.7. The Bertz CT molecular complexity index is 6130. The van der Waals surface area contributed by atoms with E-state index in [0.29, 0.717) is 83.5 Å². The highest BCUT2D eigenvalue weighted by atomic mass is 32.2. The highest BCUT2D eigenvalue weighted by Crippen LogP contribution is 2.40. The smallest absolute Gasteiger partial charge is 0.394 e. The maximum Gasteiger partial charge on any atom is 0.476 e. The van der Waals surface area contributed by atoms with Crippen LogP contribution in [0.2, 0.25) is 0 Å². The summed E-state index contributed by atoms with van der Waals surface area (Å²) in [6.07, 6.45) is 0.449. The molecule has 5 aromatic rings. The lowest BCUT2D eigenvalue weighted by Gasteiger charge is -2.32. The van der Waals surface area contributed by atoms with Gasteiger partial charge in [-0.05, 0) is 181 Å². The fourth-order valence-electron chi connectivity index (χ4n) is 13.4. The van der Waals surface area contributed by atoms with E-state index in [1.807, 2.05) is 111 Å². The maximum atomic E-state index is 13.2. The van der Waals surface area contributed by atoms with Gasteiger partial charge in [0.2, 0.25) is 0 Å². The molecule has 1 unspecified atom stereocenters. The monoisotopic (exact) mass is 1650 g/mol. The number of anilines is 3. The zero-order valence-electron chi connectivity index (χ0n) is 64.5. The lowest BCUT2D eigenvalue weighted by molar-refractivity contribution is -0.0726. The fraction of sp³-hybridized carbons (Fsp3) is 0.432. The summed E-state index contributed by atoms with van der Waals surface area (Å²) in [7, 11) is -9.26. The number of aromatic nitrogens is 14. The number of hydrogen-bond acceptors (Lipinski definition) is 26. The van der Waals surface area contributed by atoms with Gasteiger partial charge in [0.15, 0.2) is 45.7 Å². The first-order chi connectivity index (χ1) is 54.6. The molecule has 116 heavy (non-hydrogen) atoms. The van der Waals surface area contributed by atoms with Gasteiger partial charge >= 0.3 is 27.8 Å². The number of nitrogens with zero attached hydrogens (tertiary/aromatic N) is 13. The standard InChI is InChI=1S/C33H35F3N10O5S.C22H29N5O5.C19H24F2N6O4S/c1-17-13-21-23(15-19(17)3)45(27-25(38-21)29(47)42-31(49)40-27)11-9-44(8-6-7-37-52(5,51)33(34,35)36)10-12-46-24-16-20(4)18(2)14-22(24)39-26-28(46)41-32(50)43-30(26)48;1-11-7-15-16(8-14(11)25-13-5-3-4-6-13)27(9-17(29)20(31)18(30)10-28)21-19(26-15)22(32)24-12(2)23-21;1-11-9-13-14(10-12(11)2)27(16-15(24-13)17(28)26-18(29)25-16)8-7-22-5-4-6-23-32(30,31)19(3,20)21/h13-16H,5-12H2,1-4H3,(H,37,51)(H,42,47,49)(H,43,48,50);7-8,13,17-18,20,25,28-31H,2-6,9-10H2,1H3,(H,24,32);9-10,22-23H,4-8H2,1-3H3,(H,26,28,29)/t;17-,18+,20-;/m.0./s1. The van der Waals surface area contributed by atoms with Gasteiger partial charge in [0.05, 0.1) is 57.6 Å². The van der Waals surface area contributed by atoms with Gasteiger partial charge in [-0.1, -0.05) is 19.4 Å². The molecule has 0 spiro atoms. The number of β-amino-alcohol motifs (C(OH)–C–C–N with tert-alkyl or cyclic N) is 1. The Labute approximate surface area is 656 Å². The Balaban J connectivity index is 0.000000180. The van der Waals surface area contributed by atoms with Crippen molar-refractivity contribution in [2.45, 2.75) is 149 Å². The van der Waals surface area contributed by atoms with Gasteiger partial charge in [-0.25, -0.2) is 61.4 Å². The van der Waals surface area contributed by atoms with E-state index in [4.69, 9.17) is 5.11 Å². The lowest BCUT2D eigenvalue weighted by atomic mass is 10.0. The summed E-state index contributed by atoms with van der Waals surface area (Å²) in [6, 6.07) is 15.3. The largest absolute Gasteiger partial charge is 0.476 e. The zero-order valence-corrected chi connectivity index (χ0v) is 66.1. The molecule has 35 nitrogen and oxygen atoms in total. The van der Waals surface area contributed by atoms with E-state index in [9.17, 15) is 83.5 Å².